The van der Waals surface area contributed by atoms with Crippen molar-refractivity contribution in [1.82, 2.24) is 0 Å². The third-order valence-corrected chi connectivity index (χ3v) is 8.12. The summed E-state index contributed by atoms with van der Waals surface area (Å²) in [5.41, 5.74) is 3.79. The lowest BCUT2D eigenvalue weighted by molar-refractivity contribution is -0.113. The SMILES string of the molecule is [C-]#[N+]C1C(SCc2ccc(C(=O)OC)cc2)=NC(C)=C(C(=O)Nc2ccccc2OC)C1c1ccccc1Br. The molecule has 0 fully saturated rings. The predicted molar refractivity (Wildman–Crippen MR) is 158 cm³/mol. The molecule has 0 aliphatic carbocycles. The number of amides is 1. The van der Waals surface area contributed by atoms with Crippen LogP contribution in [0.25, 0.3) is 4.85 Å². The summed E-state index contributed by atoms with van der Waals surface area (Å²) >= 11 is 5.09. The molecule has 0 spiro atoms. The number of carbonyl (C=O) groups excluding carboxylic acids is 2. The highest BCUT2D eigenvalue weighted by atomic mass is 79.9. The first-order valence-electron chi connectivity index (χ1n) is 12.0. The van der Waals surface area contributed by atoms with E-state index in [-0.39, 0.29) is 5.91 Å². The Kier molecular flexibility index (Phi) is 9.23. The summed E-state index contributed by atoms with van der Waals surface area (Å²) in [7, 11) is 2.89. The van der Waals surface area contributed by atoms with E-state index in [2.05, 4.69) is 26.1 Å². The van der Waals surface area contributed by atoms with Gasteiger partial charge in [-0.1, -0.05) is 70.2 Å². The van der Waals surface area contributed by atoms with E-state index in [1.165, 1.54) is 18.9 Å². The van der Waals surface area contributed by atoms with Gasteiger partial charge in [0.1, 0.15) is 5.75 Å². The van der Waals surface area contributed by atoms with Gasteiger partial charge in [-0.25, -0.2) is 16.4 Å². The molecule has 2 unspecified atom stereocenters. The average Bonchev–Trinajstić information content (AvgIpc) is 2.96. The maximum absolute atomic E-state index is 13.7. The molecule has 1 aliphatic rings. The van der Waals surface area contributed by atoms with Crippen LogP contribution in [0.3, 0.4) is 0 Å². The molecule has 9 heteroatoms. The highest BCUT2D eigenvalue weighted by Gasteiger charge is 2.43. The van der Waals surface area contributed by atoms with Crippen molar-refractivity contribution in [1.29, 1.82) is 0 Å². The first-order valence-corrected chi connectivity index (χ1v) is 13.8. The van der Waals surface area contributed by atoms with E-state index in [1.807, 2.05) is 48.5 Å². The molecule has 1 heterocycles. The highest BCUT2D eigenvalue weighted by Crippen LogP contribution is 2.42. The fourth-order valence-corrected chi connectivity index (χ4v) is 5.97. The van der Waals surface area contributed by atoms with Gasteiger partial charge < -0.3 is 19.6 Å². The van der Waals surface area contributed by atoms with Gasteiger partial charge in [0, 0.05) is 15.9 Å². The molecule has 4 rings (SSSR count). The molecule has 0 saturated carbocycles. The van der Waals surface area contributed by atoms with Gasteiger partial charge in [-0.15, -0.1) is 0 Å². The number of nitrogens with zero attached hydrogens (tertiary/aromatic N) is 2. The van der Waals surface area contributed by atoms with Crippen LogP contribution in [-0.4, -0.2) is 37.2 Å². The number of methoxy groups -OCH3 is 2. The van der Waals surface area contributed by atoms with Gasteiger partial charge >= 0.3 is 5.97 Å². The third kappa shape index (κ3) is 6.24. The van der Waals surface area contributed by atoms with Crippen molar-refractivity contribution in [3.63, 3.8) is 0 Å². The van der Waals surface area contributed by atoms with Crippen LogP contribution in [-0.2, 0) is 15.3 Å². The lowest BCUT2D eigenvalue weighted by atomic mass is 9.82. The Morgan fingerprint density at radius 3 is 2.41 bits per heavy atom. The number of anilines is 1. The molecule has 7 nitrogen and oxygen atoms in total. The number of hydrogen-bond acceptors (Lipinski definition) is 6. The zero-order chi connectivity index (χ0) is 27.9. The number of benzene rings is 3. The highest BCUT2D eigenvalue weighted by molar-refractivity contribution is 9.10. The number of allylic oxidation sites excluding steroid dienone is 1. The number of ether oxygens (including phenoxy) is 2. The van der Waals surface area contributed by atoms with Crippen molar-refractivity contribution in [3.05, 3.63) is 117 Å². The molecule has 3 aromatic carbocycles. The predicted octanol–water partition coefficient (Wildman–Crippen LogP) is 6.87. The summed E-state index contributed by atoms with van der Waals surface area (Å²) in [6.45, 7) is 9.93. The minimum atomic E-state index is -0.704. The van der Waals surface area contributed by atoms with Gasteiger partial charge in [-0.05, 0) is 48.4 Å². The minimum absolute atomic E-state index is 0.336. The molecular formula is C30H26BrN3O4S. The Balaban J connectivity index is 1.70. The normalized spacial score (nSPS) is 16.6. The number of para-hydroxylation sites is 2. The maximum atomic E-state index is 13.7. The summed E-state index contributed by atoms with van der Waals surface area (Å²) in [4.78, 5) is 34.2. The van der Waals surface area contributed by atoms with Crippen LogP contribution in [0.15, 0.2) is 93.5 Å². The van der Waals surface area contributed by atoms with E-state index in [1.54, 1.807) is 38.3 Å². The fraction of sp³-hybridized carbons (Fsp3) is 0.200. The Hall–Kier alpha value is -3.87. The molecule has 39 heavy (non-hydrogen) atoms. The van der Waals surface area contributed by atoms with Gasteiger partial charge in [-0.3, -0.25) is 4.79 Å². The minimum Gasteiger partial charge on any atom is -0.495 e. The van der Waals surface area contributed by atoms with Crippen molar-refractivity contribution in [2.24, 2.45) is 4.99 Å². The monoisotopic (exact) mass is 603 g/mol. The standard InChI is InChI=1S/C30H26BrN3O4S/c1-18-25(28(35)34-23-11-7-8-12-24(23)37-3)26(21-9-5-6-10-22(21)31)27(32-2)29(33-18)39-17-19-13-15-20(16-14-19)30(36)38-4/h5-16,26-27H,17H2,1,3-4H3,(H,34,35). The van der Waals surface area contributed by atoms with Crippen molar-refractivity contribution < 1.29 is 19.1 Å². The molecule has 1 N–H and O–H groups in total. The molecule has 2 atom stereocenters. The molecule has 1 aliphatic heterocycles. The number of nitrogens with one attached hydrogen (secondary N) is 1. The number of esters is 1. The summed E-state index contributed by atoms with van der Waals surface area (Å²) in [5, 5.41) is 3.60. The van der Waals surface area contributed by atoms with Crippen LogP contribution < -0.4 is 10.1 Å². The van der Waals surface area contributed by atoms with Crippen LogP contribution in [0, 0.1) is 6.57 Å². The third-order valence-electron chi connectivity index (χ3n) is 6.29. The molecule has 198 valence electrons. The first kappa shape index (κ1) is 28.1. The Labute approximate surface area is 240 Å². The van der Waals surface area contributed by atoms with Crippen molar-refractivity contribution in [2.75, 3.05) is 19.5 Å². The fourth-order valence-electron chi connectivity index (χ4n) is 4.37. The summed E-state index contributed by atoms with van der Waals surface area (Å²) < 4.78 is 11.0. The summed E-state index contributed by atoms with van der Waals surface area (Å²) in [6, 6.07) is 21.3. The second-order valence-electron chi connectivity index (χ2n) is 8.65. The van der Waals surface area contributed by atoms with Crippen LogP contribution in [0.2, 0.25) is 0 Å². The van der Waals surface area contributed by atoms with E-state index < -0.39 is 17.9 Å². The van der Waals surface area contributed by atoms with Crippen molar-refractivity contribution in [2.45, 2.75) is 24.6 Å². The van der Waals surface area contributed by atoms with Crippen LogP contribution in [0.5, 0.6) is 5.75 Å². The Bertz CT molecular complexity index is 1490. The second kappa shape index (κ2) is 12.8. The van der Waals surface area contributed by atoms with E-state index in [0.29, 0.717) is 39.1 Å². The molecular weight excluding hydrogens is 578 g/mol. The summed E-state index contributed by atoms with van der Waals surface area (Å²) in [5.74, 6) is -0.190. The number of hydrogen-bond donors (Lipinski definition) is 1. The lowest BCUT2D eigenvalue weighted by Crippen LogP contribution is -2.34. The topological polar surface area (TPSA) is 81.3 Å². The number of carbonyl (C=O) groups is 2. The van der Waals surface area contributed by atoms with E-state index in [4.69, 9.17) is 21.0 Å². The number of thioether (sulfide) groups is 1. The molecule has 0 saturated heterocycles. The van der Waals surface area contributed by atoms with Crippen LogP contribution >= 0.6 is 27.7 Å². The second-order valence-corrected chi connectivity index (χ2v) is 10.5. The number of rotatable bonds is 7. The van der Waals surface area contributed by atoms with Gasteiger partial charge in [0.05, 0.1) is 37.0 Å². The van der Waals surface area contributed by atoms with Crippen molar-refractivity contribution >= 4 is 50.3 Å². The number of aliphatic imine (C=N–C) groups is 1. The van der Waals surface area contributed by atoms with Crippen LogP contribution in [0.1, 0.15) is 34.3 Å². The van der Waals surface area contributed by atoms with Gasteiger partial charge in [0.2, 0.25) is 0 Å². The zero-order valence-electron chi connectivity index (χ0n) is 21.6. The Morgan fingerprint density at radius 1 is 1.05 bits per heavy atom. The Morgan fingerprint density at radius 2 is 1.74 bits per heavy atom. The lowest BCUT2D eigenvalue weighted by Gasteiger charge is -2.28. The first-order chi connectivity index (χ1) is 18.9. The number of halogens is 1. The van der Waals surface area contributed by atoms with Crippen molar-refractivity contribution in [3.8, 4) is 5.75 Å². The molecule has 3 aromatic rings. The smallest absolute Gasteiger partial charge is 0.337 e. The molecule has 0 radical (unpaired) electrons. The van der Waals surface area contributed by atoms with E-state index >= 15 is 0 Å². The zero-order valence-corrected chi connectivity index (χ0v) is 24.0. The molecule has 1 amide bonds. The summed E-state index contributed by atoms with van der Waals surface area (Å²) in [6.07, 6.45) is 0. The molecule has 0 aromatic heterocycles. The van der Waals surface area contributed by atoms with Crippen LogP contribution in [0.4, 0.5) is 5.69 Å². The quantitative estimate of drug-likeness (QED) is 0.235. The van der Waals surface area contributed by atoms with Gasteiger partial charge in [0.25, 0.3) is 11.9 Å². The average molecular weight is 605 g/mol. The largest absolute Gasteiger partial charge is 0.495 e. The van der Waals surface area contributed by atoms with Gasteiger partial charge in [0.15, 0.2) is 5.04 Å². The maximum Gasteiger partial charge on any atom is 0.337 e. The van der Waals surface area contributed by atoms with Gasteiger partial charge in [-0.2, -0.15) is 0 Å². The van der Waals surface area contributed by atoms with E-state index in [0.717, 1.165) is 15.6 Å². The molecule has 0 bridgehead atoms. The van der Waals surface area contributed by atoms with E-state index in [9.17, 15) is 9.59 Å².